The molecule has 3 aromatic rings. The summed E-state index contributed by atoms with van der Waals surface area (Å²) in [6.07, 6.45) is 1.68. The van der Waals surface area contributed by atoms with Crippen LogP contribution in [0.4, 0.5) is 5.69 Å². The van der Waals surface area contributed by atoms with Gasteiger partial charge in [-0.3, -0.25) is 9.69 Å². The largest absolute Gasteiger partial charge is 0.478 e. The van der Waals surface area contributed by atoms with Crippen molar-refractivity contribution in [2.45, 2.75) is 6.92 Å². The molecule has 2 heterocycles. The summed E-state index contributed by atoms with van der Waals surface area (Å²) in [6.45, 7) is 2.36. The van der Waals surface area contributed by atoms with E-state index in [1.54, 1.807) is 41.3 Å². The molecule has 32 heavy (non-hydrogen) atoms. The molecule has 0 aliphatic carbocycles. The van der Waals surface area contributed by atoms with Gasteiger partial charge in [-0.1, -0.05) is 23.7 Å². The number of amides is 1. The highest BCUT2D eigenvalue weighted by Gasteiger charge is 2.32. The topological polar surface area (TPSA) is 83.1 Å². The van der Waals surface area contributed by atoms with E-state index in [0.29, 0.717) is 38.8 Å². The zero-order valence-corrected chi connectivity index (χ0v) is 19.9. The fraction of sp³-hybridized carbons (Fsp3) is 0.0870. The number of furan rings is 1. The number of nitrogens with zero attached hydrogens (tertiary/aromatic N) is 2. The number of carboxylic acid groups (broad SMARTS) is 1. The minimum atomic E-state index is -0.985. The van der Waals surface area contributed by atoms with Crippen LogP contribution in [0.2, 0.25) is 5.02 Å². The van der Waals surface area contributed by atoms with Crippen molar-refractivity contribution in [1.29, 1.82) is 0 Å². The Morgan fingerprint density at radius 2 is 1.97 bits per heavy atom. The number of amidine groups is 1. The first-order valence-corrected chi connectivity index (χ1v) is 11.5. The molecule has 0 spiro atoms. The average Bonchev–Trinajstić information content (AvgIpc) is 3.35. The van der Waals surface area contributed by atoms with E-state index in [2.05, 4.69) is 20.9 Å². The number of rotatable bonds is 5. The smallest absolute Gasteiger partial charge is 0.335 e. The van der Waals surface area contributed by atoms with Crippen molar-refractivity contribution in [2.24, 2.45) is 4.99 Å². The zero-order chi connectivity index (χ0) is 22.8. The summed E-state index contributed by atoms with van der Waals surface area (Å²) in [7, 11) is 0. The minimum Gasteiger partial charge on any atom is -0.478 e. The molecule has 1 aromatic heterocycles. The van der Waals surface area contributed by atoms with Crippen molar-refractivity contribution in [3.8, 4) is 11.3 Å². The summed E-state index contributed by atoms with van der Waals surface area (Å²) >= 11 is 10.8. The third kappa shape index (κ3) is 4.67. The van der Waals surface area contributed by atoms with E-state index in [0.717, 1.165) is 10.0 Å². The molecular weight excluding hydrogens is 516 g/mol. The van der Waals surface area contributed by atoms with Gasteiger partial charge >= 0.3 is 5.97 Å². The van der Waals surface area contributed by atoms with Gasteiger partial charge in [0.25, 0.3) is 5.91 Å². The molecular formula is C23H16BrClN2O4S. The van der Waals surface area contributed by atoms with Crippen LogP contribution < -0.4 is 0 Å². The van der Waals surface area contributed by atoms with Gasteiger partial charge < -0.3 is 9.52 Å². The van der Waals surface area contributed by atoms with Gasteiger partial charge in [0, 0.05) is 22.7 Å². The van der Waals surface area contributed by atoms with Gasteiger partial charge in [0.05, 0.1) is 21.2 Å². The Labute approximate surface area is 201 Å². The normalized spacial score (nSPS) is 16.3. The van der Waals surface area contributed by atoms with Crippen LogP contribution >= 0.6 is 39.3 Å². The van der Waals surface area contributed by atoms with E-state index in [9.17, 15) is 9.59 Å². The maximum atomic E-state index is 12.9. The predicted octanol–water partition coefficient (Wildman–Crippen LogP) is 6.68. The number of halogens is 2. The lowest BCUT2D eigenvalue weighted by Gasteiger charge is -2.12. The number of thioether (sulfide) groups is 1. The Morgan fingerprint density at radius 1 is 1.22 bits per heavy atom. The number of carboxylic acids is 1. The van der Waals surface area contributed by atoms with Gasteiger partial charge in [0.1, 0.15) is 11.5 Å². The van der Waals surface area contributed by atoms with Gasteiger partial charge in [0.15, 0.2) is 5.17 Å². The summed E-state index contributed by atoms with van der Waals surface area (Å²) in [4.78, 5) is 30.6. The van der Waals surface area contributed by atoms with E-state index in [4.69, 9.17) is 21.1 Å². The number of benzene rings is 2. The fourth-order valence-electron chi connectivity index (χ4n) is 3.03. The molecule has 0 bridgehead atoms. The SMILES string of the molecule is CCN1C(=O)/C(=C/c2ccc(-c3ccc(C(=O)O)cc3)o2)SC1=Nc1ccc(Br)c(Cl)c1. The molecule has 6 nitrogen and oxygen atoms in total. The van der Waals surface area contributed by atoms with E-state index in [1.807, 2.05) is 19.1 Å². The highest BCUT2D eigenvalue weighted by molar-refractivity contribution is 9.10. The molecule has 1 N–H and O–H groups in total. The number of aromatic carboxylic acids is 1. The lowest BCUT2D eigenvalue weighted by molar-refractivity contribution is -0.122. The second-order valence-electron chi connectivity index (χ2n) is 6.74. The van der Waals surface area contributed by atoms with Crippen LogP contribution in [-0.4, -0.2) is 33.6 Å². The molecule has 1 aliphatic rings. The molecule has 1 saturated heterocycles. The Morgan fingerprint density at radius 3 is 2.62 bits per heavy atom. The number of aliphatic imine (C=N–C) groups is 1. The average molecular weight is 532 g/mol. The van der Waals surface area contributed by atoms with Crippen LogP contribution in [-0.2, 0) is 4.79 Å². The molecule has 162 valence electrons. The van der Waals surface area contributed by atoms with Gasteiger partial charge in [-0.2, -0.15) is 0 Å². The van der Waals surface area contributed by atoms with Gasteiger partial charge in [-0.05, 0) is 77.1 Å². The van der Waals surface area contributed by atoms with Crippen LogP contribution in [0.15, 0.2) is 73.4 Å². The number of carbonyl (C=O) groups excluding carboxylic acids is 1. The van der Waals surface area contributed by atoms with E-state index < -0.39 is 5.97 Å². The van der Waals surface area contributed by atoms with Crippen molar-refractivity contribution >= 4 is 68.1 Å². The maximum Gasteiger partial charge on any atom is 0.335 e. The monoisotopic (exact) mass is 530 g/mol. The lowest BCUT2D eigenvalue weighted by atomic mass is 10.1. The molecule has 0 saturated carbocycles. The summed E-state index contributed by atoms with van der Waals surface area (Å²) in [5.74, 6) is -0.0399. The molecule has 0 radical (unpaired) electrons. The number of carbonyl (C=O) groups is 2. The zero-order valence-electron chi connectivity index (χ0n) is 16.7. The Balaban J connectivity index is 1.59. The first-order valence-electron chi connectivity index (χ1n) is 9.54. The van der Waals surface area contributed by atoms with Crippen LogP contribution in [0.5, 0.6) is 0 Å². The first-order chi connectivity index (χ1) is 15.4. The lowest BCUT2D eigenvalue weighted by Crippen LogP contribution is -2.28. The molecule has 1 amide bonds. The van der Waals surface area contributed by atoms with Gasteiger partial charge in [-0.25, -0.2) is 9.79 Å². The third-order valence-electron chi connectivity index (χ3n) is 4.65. The van der Waals surface area contributed by atoms with Crippen LogP contribution in [0, 0.1) is 0 Å². The minimum absolute atomic E-state index is 0.150. The van der Waals surface area contributed by atoms with Crippen molar-refractivity contribution in [3.05, 3.63) is 80.3 Å². The van der Waals surface area contributed by atoms with Crippen molar-refractivity contribution in [1.82, 2.24) is 4.90 Å². The van der Waals surface area contributed by atoms with E-state index >= 15 is 0 Å². The molecule has 1 fully saturated rings. The third-order valence-corrected chi connectivity index (χ3v) is 6.89. The summed E-state index contributed by atoms with van der Waals surface area (Å²) in [5, 5.41) is 10.1. The van der Waals surface area contributed by atoms with Crippen LogP contribution in [0.25, 0.3) is 17.4 Å². The Hall–Kier alpha value is -2.81. The van der Waals surface area contributed by atoms with Crippen LogP contribution in [0.1, 0.15) is 23.0 Å². The predicted molar refractivity (Wildman–Crippen MR) is 130 cm³/mol. The maximum absolute atomic E-state index is 12.9. The van der Waals surface area contributed by atoms with Crippen molar-refractivity contribution < 1.29 is 19.1 Å². The standard InChI is InChI=1S/C23H16BrClN2O4S/c1-2-27-21(28)20(32-23(27)26-15-7-9-17(24)18(25)11-15)12-16-8-10-19(31-16)13-3-5-14(6-4-13)22(29)30/h3-12H,2H2,1H3,(H,29,30)/b20-12-,26-23?. The van der Waals surface area contributed by atoms with Crippen molar-refractivity contribution in [2.75, 3.05) is 6.54 Å². The van der Waals surface area contributed by atoms with E-state index in [1.165, 1.54) is 23.9 Å². The molecule has 0 atom stereocenters. The molecule has 2 aromatic carbocycles. The second kappa shape index (κ2) is 9.36. The molecule has 1 aliphatic heterocycles. The van der Waals surface area contributed by atoms with E-state index in [-0.39, 0.29) is 11.5 Å². The Kier molecular flexibility index (Phi) is 6.55. The number of likely N-dealkylation sites (N-methyl/N-ethyl adjacent to an activating group) is 1. The molecule has 0 unspecified atom stereocenters. The number of hydrogen-bond acceptors (Lipinski definition) is 5. The van der Waals surface area contributed by atoms with Gasteiger partial charge in [-0.15, -0.1) is 0 Å². The quantitative estimate of drug-likeness (QED) is 0.371. The summed E-state index contributed by atoms with van der Waals surface area (Å²) in [5.41, 5.74) is 1.60. The summed E-state index contributed by atoms with van der Waals surface area (Å²) in [6, 6.07) is 15.3. The number of hydrogen-bond donors (Lipinski definition) is 1. The molecule has 9 heteroatoms. The summed E-state index contributed by atoms with van der Waals surface area (Å²) < 4.78 is 6.64. The fourth-order valence-corrected chi connectivity index (χ4v) is 4.49. The second-order valence-corrected chi connectivity index (χ2v) is 9.01. The van der Waals surface area contributed by atoms with Crippen molar-refractivity contribution in [3.63, 3.8) is 0 Å². The van der Waals surface area contributed by atoms with Crippen LogP contribution in [0.3, 0.4) is 0 Å². The Bertz CT molecular complexity index is 1270. The highest BCUT2D eigenvalue weighted by atomic mass is 79.9. The molecule has 4 rings (SSSR count). The van der Waals surface area contributed by atoms with Gasteiger partial charge in [0.2, 0.25) is 0 Å². The highest BCUT2D eigenvalue weighted by Crippen LogP contribution is 2.36. The first kappa shape index (κ1) is 22.4.